The SMILES string of the molecule is C[C@H](Sc1ccc([N+](=O)[O-])cc1)C(=O)OCC(=O)NC(=O)NC1CCCCC1. The molecule has 2 N–H and O–H groups in total. The number of nitro groups is 1. The van der Waals surface area contributed by atoms with E-state index < -0.39 is 34.7 Å². The van der Waals surface area contributed by atoms with Crippen molar-refractivity contribution in [1.82, 2.24) is 10.6 Å². The number of non-ortho nitro benzene ring substituents is 1. The lowest BCUT2D eigenvalue weighted by molar-refractivity contribution is -0.384. The first-order valence-corrected chi connectivity index (χ1v) is 9.91. The molecule has 1 aromatic rings. The number of nitrogens with zero attached hydrogens (tertiary/aromatic N) is 1. The van der Waals surface area contributed by atoms with Crippen molar-refractivity contribution in [3.05, 3.63) is 34.4 Å². The van der Waals surface area contributed by atoms with Crippen LogP contribution in [0.5, 0.6) is 0 Å². The average Bonchev–Trinajstić information content (AvgIpc) is 2.67. The number of urea groups is 1. The van der Waals surface area contributed by atoms with Gasteiger partial charge in [0.25, 0.3) is 11.6 Å². The molecular weight excluding hydrogens is 386 g/mol. The number of thioether (sulfide) groups is 1. The fraction of sp³-hybridized carbons (Fsp3) is 0.500. The second kappa shape index (κ2) is 10.6. The number of benzene rings is 1. The highest BCUT2D eigenvalue weighted by molar-refractivity contribution is 8.00. The van der Waals surface area contributed by atoms with E-state index in [2.05, 4.69) is 10.6 Å². The lowest BCUT2D eigenvalue weighted by atomic mass is 9.96. The summed E-state index contributed by atoms with van der Waals surface area (Å²) < 4.78 is 4.93. The molecule has 0 aromatic heterocycles. The Morgan fingerprint density at radius 1 is 1.21 bits per heavy atom. The third-order valence-electron chi connectivity index (χ3n) is 4.23. The van der Waals surface area contributed by atoms with Crippen molar-refractivity contribution in [3.8, 4) is 0 Å². The van der Waals surface area contributed by atoms with Gasteiger partial charge in [-0.3, -0.25) is 25.0 Å². The minimum atomic E-state index is -0.700. The Labute approximate surface area is 166 Å². The van der Waals surface area contributed by atoms with Crippen LogP contribution in [0, 0.1) is 10.1 Å². The van der Waals surface area contributed by atoms with Gasteiger partial charge in [-0.25, -0.2) is 4.79 Å². The van der Waals surface area contributed by atoms with Gasteiger partial charge in [0.1, 0.15) is 5.25 Å². The summed E-state index contributed by atoms with van der Waals surface area (Å²) >= 11 is 1.15. The normalized spacial score (nSPS) is 15.3. The van der Waals surface area contributed by atoms with Crippen LogP contribution in [0.4, 0.5) is 10.5 Å². The quantitative estimate of drug-likeness (QED) is 0.307. The molecule has 28 heavy (non-hydrogen) atoms. The molecule has 0 heterocycles. The van der Waals surface area contributed by atoms with E-state index in [-0.39, 0.29) is 11.7 Å². The van der Waals surface area contributed by atoms with E-state index in [1.54, 1.807) is 6.92 Å². The number of ether oxygens (including phenoxy) is 1. The van der Waals surface area contributed by atoms with Crippen molar-refractivity contribution in [3.63, 3.8) is 0 Å². The van der Waals surface area contributed by atoms with Crippen molar-refractivity contribution < 1.29 is 24.0 Å². The van der Waals surface area contributed by atoms with Crippen LogP contribution in [0.3, 0.4) is 0 Å². The molecule has 0 radical (unpaired) electrons. The largest absolute Gasteiger partial charge is 0.455 e. The molecule has 0 unspecified atom stereocenters. The van der Waals surface area contributed by atoms with E-state index in [1.807, 2.05) is 0 Å². The van der Waals surface area contributed by atoms with E-state index in [4.69, 9.17) is 4.74 Å². The predicted octanol–water partition coefficient (Wildman–Crippen LogP) is 2.78. The summed E-state index contributed by atoms with van der Waals surface area (Å²) in [6.07, 6.45) is 5.06. The fourth-order valence-corrected chi connectivity index (χ4v) is 3.65. The van der Waals surface area contributed by atoms with Crippen LogP contribution >= 0.6 is 11.8 Å². The standard InChI is InChI=1S/C18H23N3O6S/c1-12(28-15-9-7-14(8-10-15)21(25)26)17(23)27-11-16(22)20-18(24)19-13-5-3-2-4-6-13/h7-10,12-13H,2-6,11H2,1H3,(H2,19,20,22,24)/t12-/m0/s1. The molecule has 10 heteroatoms. The zero-order valence-corrected chi connectivity index (χ0v) is 16.3. The van der Waals surface area contributed by atoms with Crippen molar-refractivity contribution in [2.45, 2.75) is 55.2 Å². The van der Waals surface area contributed by atoms with Gasteiger partial charge in [-0.2, -0.15) is 0 Å². The second-order valence-electron chi connectivity index (χ2n) is 6.48. The molecule has 152 valence electrons. The van der Waals surface area contributed by atoms with Gasteiger partial charge < -0.3 is 10.1 Å². The molecule has 9 nitrogen and oxygen atoms in total. The number of nitrogens with one attached hydrogen (secondary N) is 2. The number of nitro benzene ring substituents is 1. The number of esters is 1. The average molecular weight is 409 g/mol. The third-order valence-corrected chi connectivity index (χ3v) is 5.32. The van der Waals surface area contributed by atoms with Crippen molar-refractivity contribution in [2.75, 3.05) is 6.61 Å². The Morgan fingerprint density at radius 3 is 2.46 bits per heavy atom. The summed E-state index contributed by atoms with van der Waals surface area (Å²) in [6.45, 7) is 1.05. The number of carbonyl (C=O) groups is 3. The molecule has 1 aromatic carbocycles. The van der Waals surface area contributed by atoms with Crippen LogP contribution in [0.2, 0.25) is 0 Å². The van der Waals surface area contributed by atoms with Crippen molar-refractivity contribution in [2.24, 2.45) is 0 Å². The molecule has 2 rings (SSSR count). The highest BCUT2D eigenvalue weighted by Crippen LogP contribution is 2.26. The van der Waals surface area contributed by atoms with E-state index in [0.29, 0.717) is 4.90 Å². The van der Waals surface area contributed by atoms with Crippen LogP contribution in [0.1, 0.15) is 39.0 Å². The molecule has 0 saturated heterocycles. The molecule has 1 aliphatic rings. The monoisotopic (exact) mass is 409 g/mol. The Bertz CT molecular complexity index is 719. The molecule has 1 atom stereocenters. The Hall–Kier alpha value is -2.62. The third kappa shape index (κ3) is 7.18. The maximum absolute atomic E-state index is 12.0. The number of imide groups is 1. The summed E-state index contributed by atoms with van der Waals surface area (Å²) in [5.74, 6) is -1.32. The van der Waals surface area contributed by atoms with E-state index >= 15 is 0 Å². The summed E-state index contributed by atoms with van der Waals surface area (Å²) in [6, 6.07) is 5.25. The zero-order chi connectivity index (χ0) is 20.5. The van der Waals surface area contributed by atoms with Gasteiger partial charge in [-0.05, 0) is 31.9 Å². The number of rotatable bonds is 7. The topological polar surface area (TPSA) is 128 Å². The van der Waals surface area contributed by atoms with Gasteiger partial charge in [-0.1, -0.05) is 19.3 Å². The van der Waals surface area contributed by atoms with Crippen LogP contribution in [0.15, 0.2) is 29.2 Å². The van der Waals surface area contributed by atoms with Crippen LogP contribution < -0.4 is 10.6 Å². The molecule has 0 aliphatic heterocycles. The highest BCUT2D eigenvalue weighted by atomic mass is 32.2. The molecule has 0 spiro atoms. The molecule has 1 aliphatic carbocycles. The Balaban J connectivity index is 1.70. The van der Waals surface area contributed by atoms with E-state index in [9.17, 15) is 24.5 Å². The molecule has 0 bridgehead atoms. The van der Waals surface area contributed by atoms with Gasteiger partial charge in [0, 0.05) is 23.1 Å². The van der Waals surface area contributed by atoms with Crippen LogP contribution in [-0.4, -0.2) is 40.7 Å². The van der Waals surface area contributed by atoms with Gasteiger partial charge in [0.15, 0.2) is 6.61 Å². The maximum Gasteiger partial charge on any atom is 0.321 e. The summed E-state index contributed by atoms with van der Waals surface area (Å²) in [5, 5.41) is 14.9. The Morgan fingerprint density at radius 2 is 1.86 bits per heavy atom. The van der Waals surface area contributed by atoms with E-state index in [0.717, 1.165) is 43.9 Å². The summed E-state index contributed by atoms with van der Waals surface area (Å²) in [5.41, 5.74) is -0.0391. The number of carbonyl (C=O) groups excluding carboxylic acids is 3. The lowest BCUT2D eigenvalue weighted by Gasteiger charge is -2.22. The fourth-order valence-electron chi connectivity index (χ4n) is 2.78. The van der Waals surface area contributed by atoms with Gasteiger partial charge in [0.05, 0.1) is 4.92 Å². The maximum atomic E-state index is 12.0. The lowest BCUT2D eigenvalue weighted by Crippen LogP contribution is -2.46. The van der Waals surface area contributed by atoms with E-state index in [1.165, 1.54) is 24.3 Å². The van der Waals surface area contributed by atoms with Gasteiger partial charge in [0.2, 0.25) is 0 Å². The molecule has 3 amide bonds. The predicted molar refractivity (Wildman–Crippen MR) is 103 cm³/mol. The van der Waals surface area contributed by atoms with Crippen LogP contribution in [0.25, 0.3) is 0 Å². The minimum absolute atomic E-state index is 0.0391. The minimum Gasteiger partial charge on any atom is -0.455 e. The molecular formula is C18H23N3O6S. The van der Waals surface area contributed by atoms with Gasteiger partial charge in [-0.15, -0.1) is 11.8 Å². The first-order valence-electron chi connectivity index (χ1n) is 9.03. The number of hydrogen-bond donors (Lipinski definition) is 2. The molecule has 1 fully saturated rings. The Kier molecular flexibility index (Phi) is 8.24. The number of hydrogen-bond acceptors (Lipinski definition) is 7. The van der Waals surface area contributed by atoms with Crippen LogP contribution in [-0.2, 0) is 14.3 Å². The zero-order valence-electron chi connectivity index (χ0n) is 15.5. The first-order chi connectivity index (χ1) is 13.3. The summed E-state index contributed by atoms with van der Waals surface area (Å²) in [4.78, 5) is 46.3. The summed E-state index contributed by atoms with van der Waals surface area (Å²) in [7, 11) is 0. The molecule has 1 saturated carbocycles. The van der Waals surface area contributed by atoms with Crippen molar-refractivity contribution in [1.29, 1.82) is 0 Å². The first kappa shape index (κ1) is 21.7. The number of amides is 3. The smallest absolute Gasteiger partial charge is 0.321 e. The van der Waals surface area contributed by atoms with Gasteiger partial charge >= 0.3 is 12.0 Å². The van der Waals surface area contributed by atoms with Crippen molar-refractivity contribution >= 4 is 35.4 Å². The highest BCUT2D eigenvalue weighted by Gasteiger charge is 2.20. The second-order valence-corrected chi connectivity index (χ2v) is 7.89.